The number of hydrogen-bond donors (Lipinski definition) is 2. The number of hydrazone groups is 1. The maximum atomic E-state index is 12.1. The third kappa shape index (κ3) is 6.34. The van der Waals surface area contributed by atoms with Crippen molar-refractivity contribution < 1.29 is 14.3 Å². The number of aryl methyl sites for hydroxylation is 2. The fourth-order valence-corrected chi connectivity index (χ4v) is 3.10. The molecule has 3 aromatic rings. The summed E-state index contributed by atoms with van der Waals surface area (Å²) in [4.78, 5) is 12.1. The predicted octanol–water partition coefficient (Wildman–Crippen LogP) is 4.45. The summed E-state index contributed by atoms with van der Waals surface area (Å²) in [5.74, 6) is 1.02. The van der Waals surface area contributed by atoms with E-state index in [0.717, 1.165) is 27.9 Å². The van der Waals surface area contributed by atoms with Crippen molar-refractivity contribution in [2.75, 3.05) is 19.0 Å². The number of benzene rings is 3. The van der Waals surface area contributed by atoms with Gasteiger partial charge in [0, 0.05) is 5.69 Å². The van der Waals surface area contributed by atoms with Crippen molar-refractivity contribution in [3.05, 3.63) is 89.0 Å². The molecule has 0 aliphatic rings. The lowest BCUT2D eigenvalue weighted by Crippen LogP contribution is -2.26. The highest BCUT2D eigenvalue weighted by atomic mass is 16.5. The summed E-state index contributed by atoms with van der Waals surface area (Å²) in [5, 5.41) is 7.20. The van der Waals surface area contributed by atoms with Gasteiger partial charge in [-0.3, -0.25) is 4.79 Å². The maximum absolute atomic E-state index is 12.1. The van der Waals surface area contributed by atoms with Crippen LogP contribution in [0.3, 0.4) is 0 Å². The van der Waals surface area contributed by atoms with E-state index in [9.17, 15) is 4.79 Å². The maximum Gasteiger partial charge on any atom is 0.259 e. The van der Waals surface area contributed by atoms with Crippen LogP contribution in [0.5, 0.6) is 11.5 Å². The van der Waals surface area contributed by atoms with Gasteiger partial charge < -0.3 is 14.8 Å². The first-order chi connectivity index (χ1) is 15.1. The van der Waals surface area contributed by atoms with Gasteiger partial charge in [0.2, 0.25) is 0 Å². The number of para-hydroxylation sites is 1. The molecule has 3 aromatic carbocycles. The summed E-state index contributed by atoms with van der Waals surface area (Å²) >= 11 is 0. The van der Waals surface area contributed by atoms with Gasteiger partial charge in [0.05, 0.1) is 19.9 Å². The molecular weight excluding hydrogens is 390 g/mol. The number of nitrogens with zero attached hydrogens (tertiary/aromatic N) is 1. The minimum atomic E-state index is -0.228. The first-order valence-corrected chi connectivity index (χ1v) is 10.0. The predicted molar refractivity (Wildman–Crippen MR) is 124 cm³/mol. The van der Waals surface area contributed by atoms with Gasteiger partial charge in [0.1, 0.15) is 6.61 Å². The Morgan fingerprint density at radius 2 is 1.71 bits per heavy atom. The average Bonchev–Trinajstić information content (AvgIpc) is 2.78. The van der Waals surface area contributed by atoms with Crippen LogP contribution < -0.4 is 20.2 Å². The van der Waals surface area contributed by atoms with E-state index in [1.165, 1.54) is 0 Å². The van der Waals surface area contributed by atoms with Gasteiger partial charge in [-0.25, -0.2) is 5.43 Å². The highest BCUT2D eigenvalue weighted by molar-refractivity contribution is 5.85. The number of carbonyl (C=O) groups excluding carboxylic acids is 1. The monoisotopic (exact) mass is 417 g/mol. The fourth-order valence-electron chi connectivity index (χ4n) is 3.10. The minimum Gasteiger partial charge on any atom is -0.493 e. The van der Waals surface area contributed by atoms with Crippen molar-refractivity contribution in [1.82, 2.24) is 5.43 Å². The quantitative estimate of drug-likeness (QED) is 0.398. The van der Waals surface area contributed by atoms with Gasteiger partial charge in [-0.1, -0.05) is 48.5 Å². The third-order valence-electron chi connectivity index (χ3n) is 4.73. The molecule has 0 heterocycles. The molecule has 2 N–H and O–H groups in total. The molecule has 0 aliphatic heterocycles. The molecule has 0 bridgehead atoms. The van der Waals surface area contributed by atoms with Gasteiger partial charge in [-0.2, -0.15) is 5.10 Å². The number of nitrogens with one attached hydrogen (secondary N) is 2. The zero-order chi connectivity index (χ0) is 22.1. The van der Waals surface area contributed by atoms with Crippen molar-refractivity contribution in [2.45, 2.75) is 20.5 Å². The van der Waals surface area contributed by atoms with Crippen LogP contribution in [0.1, 0.15) is 22.3 Å². The van der Waals surface area contributed by atoms with E-state index in [0.29, 0.717) is 18.1 Å². The summed E-state index contributed by atoms with van der Waals surface area (Å²) in [6.07, 6.45) is 1.57. The standard InChI is InChI=1S/C25H27N3O3/c1-18-8-7-9-19(2)25(18)26-16-24(29)28-27-15-21-12-13-22(23(14-21)30-3)31-17-20-10-5-4-6-11-20/h4-15,26H,16-17H2,1-3H3,(H,28,29)/b27-15-. The van der Waals surface area contributed by atoms with Gasteiger partial charge in [-0.15, -0.1) is 0 Å². The van der Waals surface area contributed by atoms with Gasteiger partial charge in [0.15, 0.2) is 11.5 Å². The largest absolute Gasteiger partial charge is 0.493 e. The summed E-state index contributed by atoms with van der Waals surface area (Å²) < 4.78 is 11.3. The molecule has 0 aromatic heterocycles. The van der Waals surface area contributed by atoms with Crippen LogP contribution in [0.2, 0.25) is 0 Å². The van der Waals surface area contributed by atoms with Crippen LogP contribution in [0.15, 0.2) is 71.8 Å². The smallest absolute Gasteiger partial charge is 0.259 e. The molecule has 0 fully saturated rings. The second-order valence-electron chi connectivity index (χ2n) is 7.10. The van der Waals surface area contributed by atoms with Crippen LogP contribution in [0.4, 0.5) is 5.69 Å². The zero-order valence-corrected chi connectivity index (χ0v) is 18.0. The van der Waals surface area contributed by atoms with Crippen molar-refractivity contribution >= 4 is 17.8 Å². The molecule has 0 unspecified atom stereocenters. The summed E-state index contributed by atoms with van der Waals surface area (Å²) in [5.41, 5.74) is 7.56. The van der Waals surface area contributed by atoms with Crippen LogP contribution in [0, 0.1) is 13.8 Å². The van der Waals surface area contributed by atoms with Crippen LogP contribution in [-0.2, 0) is 11.4 Å². The lowest BCUT2D eigenvalue weighted by Gasteiger charge is -2.12. The van der Waals surface area contributed by atoms with Crippen molar-refractivity contribution in [3.63, 3.8) is 0 Å². The number of anilines is 1. The van der Waals surface area contributed by atoms with E-state index in [1.807, 2.05) is 80.6 Å². The summed E-state index contributed by atoms with van der Waals surface area (Å²) in [6, 6.07) is 21.4. The summed E-state index contributed by atoms with van der Waals surface area (Å²) in [6.45, 7) is 4.60. The highest BCUT2D eigenvalue weighted by Gasteiger charge is 2.07. The lowest BCUT2D eigenvalue weighted by molar-refractivity contribution is -0.119. The van der Waals surface area contributed by atoms with E-state index in [-0.39, 0.29) is 12.5 Å². The Morgan fingerprint density at radius 1 is 0.968 bits per heavy atom. The summed E-state index contributed by atoms with van der Waals surface area (Å²) in [7, 11) is 1.59. The molecule has 0 radical (unpaired) electrons. The molecule has 0 atom stereocenters. The van der Waals surface area contributed by atoms with Gasteiger partial charge in [0.25, 0.3) is 5.91 Å². The first kappa shape index (κ1) is 21.9. The number of amides is 1. The molecule has 6 heteroatoms. The molecule has 160 valence electrons. The van der Waals surface area contributed by atoms with Crippen LogP contribution in [0.25, 0.3) is 0 Å². The fraction of sp³-hybridized carbons (Fsp3) is 0.200. The topological polar surface area (TPSA) is 72.0 Å². The molecule has 1 amide bonds. The zero-order valence-electron chi connectivity index (χ0n) is 18.0. The Morgan fingerprint density at radius 3 is 2.42 bits per heavy atom. The highest BCUT2D eigenvalue weighted by Crippen LogP contribution is 2.28. The van der Waals surface area contributed by atoms with Crippen LogP contribution in [-0.4, -0.2) is 25.8 Å². The average molecular weight is 418 g/mol. The molecule has 0 spiro atoms. The van der Waals surface area contributed by atoms with E-state index >= 15 is 0 Å². The Hall–Kier alpha value is -3.80. The Kier molecular flexibility index (Phi) is 7.65. The molecule has 0 saturated heterocycles. The molecule has 0 aliphatic carbocycles. The number of hydrogen-bond acceptors (Lipinski definition) is 5. The minimum absolute atomic E-state index is 0.138. The van der Waals surface area contributed by atoms with Crippen molar-refractivity contribution in [2.24, 2.45) is 5.10 Å². The Balaban J connectivity index is 1.53. The number of ether oxygens (including phenoxy) is 2. The van der Waals surface area contributed by atoms with Crippen molar-refractivity contribution in [1.29, 1.82) is 0 Å². The molecule has 3 rings (SSSR count). The van der Waals surface area contributed by atoms with E-state index in [4.69, 9.17) is 9.47 Å². The number of carbonyl (C=O) groups is 1. The second kappa shape index (κ2) is 10.8. The SMILES string of the molecule is COc1cc(/C=N\NC(=O)CNc2c(C)cccc2C)ccc1OCc1ccccc1. The number of methoxy groups -OCH3 is 1. The van der Waals surface area contributed by atoms with E-state index < -0.39 is 0 Å². The molecular formula is C25H27N3O3. The molecule has 0 saturated carbocycles. The van der Waals surface area contributed by atoms with Gasteiger partial charge >= 0.3 is 0 Å². The third-order valence-corrected chi connectivity index (χ3v) is 4.73. The van der Waals surface area contributed by atoms with Crippen LogP contribution >= 0.6 is 0 Å². The molecule has 31 heavy (non-hydrogen) atoms. The molecule has 6 nitrogen and oxygen atoms in total. The normalized spacial score (nSPS) is 10.7. The lowest BCUT2D eigenvalue weighted by atomic mass is 10.1. The Labute approximate surface area is 182 Å². The van der Waals surface area contributed by atoms with E-state index in [2.05, 4.69) is 15.8 Å². The van der Waals surface area contributed by atoms with Crippen molar-refractivity contribution in [3.8, 4) is 11.5 Å². The van der Waals surface area contributed by atoms with E-state index in [1.54, 1.807) is 13.3 Å². The first-order valence-electron chi connectivity index (χ1n) is 10.0. The van der Waals surface area contributed by atoms with Gasteiger partial charge in [-0.05, 0) is 54.3 Å². The number of rotatable bonds is 9. The Bertz CT molecular complexity index is 1030. The second-order valence-corrected chi connectivity index (χ2v) is 7.10.